The van der Waals surface area contributed by atoms with Crippen LogP contribution in [0.1, 0.15) is 19.3 Å². The maximum absolute atomic E-state index is 4.51. The summed E-state index contributed by atoms with van der Waals surface area (Å²) in [7, 11) is 0. The van der Waals surface area contributed by atoms with Crippen LogP contribution >= 0.6 is 15.9 Å². The van der Waals surface area contributed by atoms with E-state index >= 15 is 0 Å². The van der Waals surface area contributed by atoms with E-state index in [0.29, 0.717) is 4.73 Å². The molecule has 0 amide bonds. The van der Waals surface area contributed by atoms with Gasteiger partial charge in [-0.1, -0.05) is 18.2 Å². The molecule has 1 aliphatic rings. The lowest BCUT2D eigenvalue weighted by Crippen LogP contribution is -2.24. The monoisotopic (exact) mass is 306 g/mol. The van der Waals surface area contributed by atoms with Crippen molar-refractivity contribution in [3.8, 4) is 0 Å². The van der Waals surface area contributed by atoms with E-state index in [1.807, 2.05) is 10.7 Å². The largest absolute Gasteiger partial charge is 0.311 e. The van der Waals surface area contributed by atoms with Gasteiger partial charge in [-0.05, 0) is 47.3 Å². The van der Waals surface area contributed by atoms with E-state index in [-0.39, 0.29) is 0 Å². The number of anilines is 2. The van der Waals surface area contributed by atoms with Crippen LogP contribution in [0.4, 0.5) is 11.6 Å². The molecule has 0 bridgehead atoms. The summed E-state index contributed by atoms with van der Waals surface area (Å²) >= 11 is 3.37. The van der Waals surface area contributed by atoms with Gasteiger partial charge in [0.25, 0.3) is 0 Å². The number of nitrogens with zero attached hydrogens (tertiary/aromatic N) is 4. The van der Waals surface area contributed by atoms with Crippen LogP contribution in [0.15, 0.2) is 35.1 Å². The second-order valence-electron chi connectivity index (χ2n) is 4.45. The van der Waals surface area contributed by atoms with Crippen molar-refractivity contribution >= 4 is 27.6 Å². The zero-order valence-corrected chi connectivity index (χ0v) is 11.7. The Morgan fingerprint density at radius 1 is 1.00 bits per heavy atom. The molecule has 5 heteroatoms. The molecule has 0 radical (unpaired) electrons. The Morgan fingerprint density at radius 2 is 1.78 bits per heavy atom. The predicted octanol–water partition coefficient (Wildman–Crippen LogP) is 3.36. The normalized spacial score (nSPS) is 15.9. The molecule has 1 aromatic heterocycles. The molecule has 94 valence electrons. The zero-order valence-electron chi connectivity index (χ0n) is 10.1. The average molecular weight is 307 g/mol. The second-order valence-corrected chi connectivity index (χ2v) is 5.16. The molecular formula is C13H15BrN4. The Balaban J connectivity index is 2.03. The summed E-state index contributed by atoms with van der Waals surface area (Å²) in [5.41, 5.74) is 1.18. The lowest BCUT2D eigenvalue weighted by molar-refractivity contribution is 0.520. The summed E-state index contributed by atoms with van der Waals surface area (Å²) < 4.78 is 2.66. The quantitative estimate of drug-likeness (QED) is 0.810. The molecule has 0 saturated carbocycles. The molecule has 2 aromatic rings. The smallest absolute Gasteiger partial charge is 0.229 e. The number of fused-ring (bicyclic) bond motifs is 1. The number of benzene rings is 1. The first-order chi connectivity index (χ1) is 8.84. The average Bonchev–Trinajstić information content (AvgIpc) is 2.72. The number of rotatable bonds is 1. The molecule has 0 spiro atoms. The van der Waals surface area contributed by atoms with Gasteiger partial charge in [0.2, 0.25) is 10.7 Å². The summed E-state index contributed by atoms with van der Waals surface area (Å²) in [5, 5.41) is 4.41. The minimum absolute atomic E-state index is 0.667. The predicted molar refractivity (Wildman–Crippen MR) is 75.0 cm³/mol. The summed E-state index contributed by atoms with van der Waals surface area (Å²) in [6.45, 7) is 1.94. The summed E-state index contributed by atoms with van der Waals surface area (Å²) in [6, 6.07) is 10.4. The molecular weight excluding hydrogens is 292 g/mol. The standard InChI is InChI=1S/C13H15BrN4/c14-12-15-13-17(11-7-3-1-4-8-11)9-5-2-6-10-18(13)16-12/h1,3-4,7-8H,2,5-6,9-10H2. The molecule has 0 aliphatic carbocycles. The lowest BCUT2D eigenvalue weighted by Gasteiger charge is -2.25. The van der Waals surface area contributed by atoms with Gasteiger partial charge in [0.05, 0.1) is 0 Å². The highest BCUT2D eigenvalue weighted by molar-refractivity contribution is 9.10. The van der Waals surface area contributed by atoms with Gasteiger partial charge in [-0.2, -0.15) is 4.98 Å². The Morgan fingerprint density at radius 3 is 2.61 bits per heavy atom. The third-order valence-electron chi connectivity index (χ3n) is 3.19. The zero-order chi connectivity index (χ0) is 12.4. The molecule has 0 atom stereocenters. The molecule has 0 fully saturated rings. The number of para-hydroxylation sites is 1. The van der Waals surface area contributed by atoms with E-state index in [2.05, 4.69) is 55.2 Å². The molecule has 2 heterocycles. The first-order valence-corrected chi connectivity index (χ1v) is 7.07. The maximum atomic E-state index is 4.51. The van der Waals surface area contributed by atoms with E-state index in [4.69, 9.17) is 0 Å². The van der Waals surface area contributed by atoms with Gasteiger partial charge in [0.15, 0.2) is 0 Å². The van der Waals surface area contributed by atoms with Crippen molar-refractivity contribution in [3.63, 3.8) is 0 Å². The van der Waals surface area contributed by atoms with Gasteiger partial charge in [0, 0.05) is 18.8 Å². The molecule has 4 nitrogen and oxygen atoms in total. The molecule has 0 N–H and O–H groups in total. The van der Waals surface area contributed by atoms with Gasteiger partial charge in [0.1, 0.15) is 0 Å². The molecule has 18 heavy (non-hydrogen) atoms. The maximum Gasteiger partial charge on any atom is 0.229 e. The van der Waals surface area contributed by atoms with Crippen molar-refractivity contribution in [2.45, 2.75) is 25.8 Å². The van der Waals surface area contributed by atoms with Crippen molar-refractivity contribution in [1.29, 1.82) is 0 Å². The minimum Gasteiger partial charge on any atom is -0.311 e. The van der Waals surface area contributed by atoms with E-state index in [1.165, 1.54) is 24.9 Å². The van der Waals surface area contributed by atoms with Crippen LogP contribution in [0.2, 0.25) is 0 Å². The van der Waals surface area contributed by atoms with Gasteiger partial charge < -0.3 is 4.90 Å². The first kappa shape index (κ1) is 11.7. The van der Waals surface area contributed by atoms with E-state index < -0.39 is 0 Å². The SMILES string of the molecule is Brc1nc2n(n1)CCCCCN2c1ccccc1. The van der Waals surface area contributed by atoms with Crippen LogP contribution in [0.25, 0.3) is 0 Å². The number of hydrogen-bond acceptors (Lipinski definition) is 3. The van der Waals surface area contributed by atoms with Crippen molar-refractivity contribution < 1.29 is 0 Å². The first-order valence-electron chi connectivity index (χ1n) is 6.27. The minimum atomic E-state index is 0.667. The molecule has 1 aliphatic heterocycles. The van der Waals surface area contributed by atoms with E-state index in [0.717, 1.165) is 19.0 Å². The van der Waals surface area contributed by atoms with Gasteiger partial charge in [-0.25, -0.2) is 4.68 Å². The molecule has 0 saturated heterocycles. The Bertz CT molecular complexity index is 523. The highest BCUT2D eigenvalue weighted by Gasteiger charge is 2.19. The van der Waals surface area contributed by atoms with Gasteiger partial charge >= 0.3 is 0 Å². The highest BCUT2D eigenvalue weighted by atomic mass is 79.9. The Kier molecular flexibility index (Phi) is 3.32. The number of aromatic nitrogens is 3. The van der Waals surface area contributed by atoms with E-state index in [1.54, 1.807) is 0 Å². The highest BCUT2D eigenvalue weighted by Crippen LogP contribution is 2.27. The van der Waals surface area contributed by atoms with Crippen molar-refractivity contribution in [3.05, 3.63) is 35.1 Å². The fourth-order valence-electron chi connectivity index (χ4n) is 2.32. The van der Waals surface area contributed by atoms with Crippen LogP contribution in [0.3, 0.4) is 0 Å². The molecule has 1 aromatic carbocycles. The number of aryl methyl sites for hydroxylation is 1. The molecule has 3 rings (SSSR count). The fourth-order valence-corrected chi connectivity index (χ4v) is 2.67. The topological polar surface area (TPSA) is 34.0 Å². The van der Waals surface area contributed by atoms with Crippen LogP contribution < -0.4 is 4.90 Å². The number of halogens is 1. The van der Waals surface area contributed by atoms with Crippen LogP contribution in [-0.4, -0.2) is 21.3 Å². The fraction of sp³-hybridized carbons (Fsp3) is 0.385. The Labute approximate surface area is 115 Å². The number of hydrogen-bond donors (Lipinski definition) is 0. The summed E-state index contributed by atoms with van der Waals surface area (Å²) in [4.78, 5) is 6.75. The Hall–Kier alpha value is -1.36. The van der Waals surface area contributed by atoms with Crippen LogP contribution in [0.5, 0.6) is 0 Å². The van der Waals surface area contributed by atoms with Gasteiger partial charge in [-0.3, -0.25) is 0 Å². The van der Waals surface area contributed by atoms with Crippen LogP contribution in [-0.2, 0) is 6.54 Å². The summed E-state index contributed by atoms with van der Waals surface area (Å²) in [5.74, 6) is 0.938. The van der Waals surface area contributed by atoms with Gasteiger partial charge in [-0.15, -0.1) is 5.10 Å². The summed E-state index contributed by atoms with van der Waals surface area (Å²) in [6.07, 6.45) is 3.60. The van der Waals surface area contributed by atoms with Crippen LogP contribution in [0, 0.1) is 0 Å². The van der Waals surface area contributed by atoms with Crippen molar-refractivity contribution in [1.82, 2.24) is 14.8 Å². The third kappa shape index (κ3) is 2.27. The molecule has 0 unspecified atom stereocenters. The van der Waals surface area contributed by atoms with Crippen molar-refractivity contribution in [2.24, 2.45) is 0 Å². The lowest BCUT2D eigenvalue weighted by atomic mass is 10.2. The van der Waals surface area contributed by atoms with E-state index in [9.17, 15) is 0 Å². The third-order valence-corrected chi connectivity index (χ3v) is 3.52. The second kappa shape index (κ2) is 5.10. The van der Waals surface area contributed by atoms with Crippen molar-refractivity contribution in [2.75, 3.05) is 11.4 Å².